The largest absolute Gasteiger partial charge is 0.508 e. The second kappa shape index (κ2) is 7.66. The zero-order valence-corrected chi connectivity index (χ0v) is 11.7. The van der Waals surface area contributed by atoms with E-state index in [2.05, 4.69) is 21.4 Å². The third-order valence-electron chi connectivity index (χ3n) is 2.39. The molecule has 0 heterocycles. The van der Waals surface area contributed by atoms with Gasteiger partial charge in [0, 0.05) is 17.1 Å². The third-order valence-corrected chi connectivity index (χ3v) is 2.88. The number of rotatable bonds is 7. The number of methoxy groups -OCH3 is 1. The number of hydroxylamine groups is 1. The second-order valence-corrected chi connectivity index (χ2v) is 4.54. The first-order valence-electron chi connectivity index (χ1n) is 5.53. The highest BCUT2D eigenvalue weighted by Crippen LogP contribution is 2.29. The van der Waals surface area contributed by atoms with E-state index in [-0.39, 0.29) is 11.8 Å². The number of hydrogen-bond acceptors (Lipinski definition) is 4. The highest BCUT2D eigenvalue weighted by Gasteiger charge is 2.13. The predicted molar refractivity (Wildman–Crippen MR) is 69.8 cm³/mol. The van der Waals surface area contributed by atoms with Crippen molar-refractivity contribution < 1.29 is 14.7 Å². The lowest BCUT2D eigenvalue weighted by Gasteiger charge is -2.18. The van der Waals surface area contributed by atoms with Gasteiger partial charge in [0.25, 0.3) is 0 Å². The lowest BCUT2D eigenvalue weighted by Crippen LogP contribution is -2.23. The van der Waals surface area contributed by atoms with Crippen molar-refractivity contribution in [2.24, 2.45) is 0 Å². The minimum Gasteiger partial charge on any atom is -0.508 e. The van der Waals surface area contributed by atoms with Gasteiger partial charge in [-0.1, -0.05) is 22.9 Å². The van der Waals surface area contributed by atoms with Crippen molar-refractivity contribution in [3.05, 3.63) is 28.2 Å². The van der Waals surface area contributed by atoms with E-state index in [1.807, 2.05) is 13.0 Å². The molecular formula is C12H18BrNO3. The van der Waals surface area contributed by atoms with Crippen LogP contribution in [0.5, 0.6) is 5.75 Å². The fraction of sp³-hybridized carbons (Fsp3) is 0.500. The van der Waals surface area contributed by atoms with Crippen LogP contribution in [0.3, 0.4) is 0 Å². The highest BCUT2D eigenvalue weighted by atomic mass is 79.9. The second-order valence-electron chi connectivity index (χ2n) is 3.62. The summed E-state index contributed by atoms with van der Waals surface area (Å²) in [6.45, 7) is 3.04. The molecule has 0 aliphatic carbocycles. The van der Waals surface area contributed by atoms with Crippen LogP contribution >= 0.6 is 15.9 Å². The molecule has 4 nitrogen and oxygen atoms in total. The lowest BCUT2D eigenvalue weighted by molar-refractivity contribution is -0.0135. The first-order valence-corrected chi connectivity index (χ1v) is 6.33. The Morgan fingerprint density at radius 2 is 2.18 bits per heavy atom. The van der Waals surface area contributed by atoms with Crippen LogP contribution in [-0.2, 0) is 9.57 Å². The summed E-state index contributed by atoms with van der Waals surface area (Å²) in [5, 5.41) is 9.80. The standard InChI is InChI=1S/C12H18BrNO3/c1-3-11(14-17-7-6-16-2)10-8-9(13)4-5-12(10)15/h4-5,8,11,14-15H,3,6-7H2,1-2H3. The maximum Gasteiger partial charge on any atom is 0.120 e. The molecule has 96 valence electrons. The summed E-state index contributed by atoms with van der Waals surface area (Å²) in [4.78, 5) is 5.27. The van der Waals surface area contributed by atoms with Gasteiger partial charge in [-0.25, -0.2) is 0 Å². The summed E-state index contributed by atoms with van der Waals surface area (Å²) in [5.74, 6) is 0.267. The Morgan fingerprint density at radius 1 is 1.41 bits per heavy atom. The SMILES string of the molecule is CCC(NOCCOC)c1cc(Br)ccc1O. The van der Waals surface area contributed by atoms with E-state index in [1.165, 1.54) is 0 Å². The molecule has 0 fully saturated rings. The average molecular weight is 304 g/mol. The Labute approximate surface area is 110 Å². The first-order chi connectivity index (χ1) is 8.19. The van der Waals surface area contributed by atoms with Gasteiger partial charge >= 0.3 is 0 Å². The molecule has 0 amide bonds. The summed E-state index contributed by atoms with van der Waals surface area (Å²) in [6.07, 6.45) is 0.816. The molecule has 0 aliphatic heterocycles. The Bertz CT molecular complexity index is 347. The van der Waals surface area contributed by atoms with E-state index >= 15 is 0 Å². The van der Waals surface area contributed by atoms with E-state index in [9.17, 15) is 5.11 Å². The molecule has 1 aromatic rings. The maximum absolute atomic E-state index is 9.80. The number of phenols is 1. The number of aromatic hydroxyl groups is 1. The van der Waals surface area contributed by atoms with Crippen LogP contribution in [-0.4, -0.2) is 25.4 Å². The number of phenolic OH excluding ortho intramolecular Hbond substituents is 1. The summed E-state index contributed by atoms with van der Waals surface area (Å²) < 4.78 is 5.82. The normalized spacial score (nSPS) is 12.6. The molecule has 1 aromatic carbocycles. The Kier molecular flexibility index (Phi) is 6.50. The van der Waals surface area contributed by atoms with Gasteiger partial charge in [0.1, 0.15) is 5.75 Å². The van der Waals surface area contributed by atoms with Crippen molar-refractivity contribution in [2.75, 3.05) is 20.3 Å². The number of halogens is 1. The van der Waals surface area contributed by atoms with Crippen LogP contribution in [0.1, 0.15) is 24.9 Å². The molecule has 0 aliphatic rings. The quantitative estimate of drug-likeness (QED) is 0.601. The minimum atomic E-state index is -0.0376. The van der Waals surface area contributed by atoms with Gasteiger partial charge in [0.05, 0.1) is 19.3 Å². The van der Waals surface area contributed by atoms with Crippen LogP contribution in [0.25, 0.3) is 0 Å². The smallest absolute Gasteiger partial charge is 0.120 e. The zero-order chi connectivity index (χ0) is 12.7. The van der Waals surface area contributed by atoms with Gasteiger partial charge < -0.3 is 9.84 Å². The molecule has 1 unspecified atom stereocenters. The van der Waals surface area contributed by atoms with Crippen LogP contribution in [0.4, 0.5) is 0 Å². The van der Waals surface area contributed by atoms with Gasteiger partial charge in [-0.05, 0) is 24.6 Å². The number of nitrogens with one attached hydrogen (secondary N) is 1. The average Bonchev–Trinajstić information content (AvgIpc) is 2.33. The molecule has 0 aromatic heterocycles. The van der Waals surface area contributed by atoms with E-state index in [1.54, 1.807) is 19.2 Å². The molecule has 0 radical (unpaired) electrons. The summed E-state index contributed by atoms with van der Waals surface area (Å²) in [7, 11) is 1.63. The Hall–Kier alpha value is -0.620. The van der Waals surface area contributed by atoms with E-state index in [0.717, 1.165) is 16.5 Å². The number of benzene rings is 1. The molecule has 0 saturated heterocycles. The Balaban J connectivity index is 2.62. The van der Waals surface area contributed by atoms with Gasteiger partial charge in [0.15, 0.2) is 0 Å². The molecule has 1 rings (SSSR count). The maximum atomic E-state index is 9.80. The van der Waals surface area contributed by atoms with Gasteiger partial charge in [-0.3, -0.25) is 4.84 Å². The van der Waals surface area contributed by atoms with Crippen molar-refractivity contribution in [2.45, 2.75) is 19.4 Å². The van der Waals surface area contributed by atoms with Crippen LogP contribution < -0.4 is 5.48 Å². The summed E-state index contributed by atoms with van der Waals surface area (Å²) in [5.41, 5.74) is 3.75. The summed E-state index contributed by atoms with van der Waals surface area (Å²) >= 11 is 3.39. The van der Waals surface area contributed by atoms with E-state index in [0.29, 0.717) is 13.2 Å². The molecule has 2 N–H and O–H groups in total. The molecule has 0 bridgehead atoms. The molecule has 5 heteroatoms. The lowest BCUT2D eigenvalue weighted by atomic mass is 10.0. The van der Waals surface area contributed by atoms with E-state index in [4.69, 9.17) is 9.57 Å². The monoisotopic (exact) mass is 303 g/mol. The zero-order valence-electron chi connectivity index (χ0n) is 10.1. The van der Waals surface area contributed by atoms with Crippen molar-refractivity contribution >= 4 is 15.9 Å². The van der Waals surface area contributed by atoms with Crippen LogP contribution in [0.2, 0.25) is 0 Å². The first kappa shape index (κ1) is 14.4. The van der Waals surface area contributed by atoms with Gasteiger partial charge in [-0.15, -0.1) is 0 Å². The predicted octanol–water partition coefficient (Wildman–Crippen LogP) is 2.77. The molecule has 0 saturated carbocycles. The van der Waals surface area contributed by atoms with Crippen molar-refractivity contribution in [3.8, 4) is 5.75 Å². The minimum absolute atomic E-state index is 0.0376. The van der Waals surface area contributed by atoms with Crippen molar-refractivity contribution in [1.82, 2.24) is 5.48 Å². The number of ether oxygens (including phenoxy) is 1. The third kappa shape index (κ3) is 4.63. The van der Waals surface area contributed by atoms with Gasteiger partial charge in [0.2, 0.25) is 0 Å². The fourth-order valence-corrected chi connectivity index (χ4v) is 1.83. The molecule has 0 spiro atoms. The summed E-state index contributed by atoms with van der Waals surface area (Å²) in [6, 6.07) is 5.32. The topological polar surface area (TPSA) is 50.7 Å². The van der Waals surface area contributed by atoms with Crippen LogP contribution in [0.15, 0.2) is 22.7 Å². The number of hydrogen-bond donors (Lipinski definition) is 2. The molecule has 1 atom stereocenters. The van der Waals surface area contributed by atoms with Gasteiger partial charge in [-0.2, -0.15) is 5.48 Å². The fourth-order valence-electron chi connectivity index (χ4n) is 1.46. The molecule has 17 heavy (non-hydrogen) atoms. The van der Waals surface area contributed by atoms with Crippen molar-refractivity contribution in [1.29, 1.82) is 0 Å². The Morgan fingerprint density at radius 3 is 2.82 bits per heavy atom. The van der Waals surface area contributed by atoms with Crippen molar-refractivity contribution in [3.63, 3.8) is 0 Å². The molecular weight excluding hydrogens is 286 g/mol. The highest BCUT2D eigenvalue weighted by molar-refractivity contribution is 9.10. The van der Waals surface area contributed by atoms with E-state index < -0.39 is 0 Å². The van der Waals surface area contributed by atoms with Crippen LogP contribution in [0, 0.1) is 0 Å².